The van der Waals surface area contributed by atoms with Crippen LogP contribution in [0.2, 0.25) is 0 Å². The van der Waals surface area contributed by atoms with Crippen molar-refractivity contribution in [1.29, 1.82) is 0 Å². The van der Waals surface area contributed by atoms with Crippen molar-refractivity contribution in [2.24, 2.45) is 10.9 Å². The summed E-state index contributed by atoms with van der Waals surface area (Å²) in [7, 11) is 1.79. The number of benzene rings is 2. The van der Waals surface area contributed by atoms with Crippen LogP contribution in [0.3, 0.4) is 0 Å². The Morgan fingerprint density at radius 3 is 2.70 bits per heavy atom. The van der Waals surface area contributed by atoms with E-state index in [0.717, 1.165) is 60.4 Å². The number of nitrogens with one attached hydrogen (secondary N) is 2. The molecule has 0 spiro atoms. The molecule has 2 N–H and O–H groups in total. The highest BCUT2D eigenvalue weighted by molar-refractivity contribution is 5.94. The quantitative estimate of drug-likeness (QED) is 0.611. The van der Waals surface area contributed by atoms with Gasteiger partial charge in [0.05, 0.1) is 6.20 Å². The van der Waals surface area contributed by atoms with Crippen molar-refractivity contribution in [3.05, 3.63) is 72.1 Å². The summed E-state index contributed by atoms with van der Waals surface area (Å²) in [6, 6.07) is 15.9. The maximum Gasteiger partial charge on any atom is 0.253 e. The summed E-state index contributed by atoms with van der Waals surface area (Å²) < 4.78 is 0. The van der Waals surface area contributed by atoms with Gasteiger partial charge in [0.25, 0.3) is 5.91 Å². The number of likely N-dealkylation sites (tertiary alicyclic amines) is 1. The molecule has 1 fully saturated rings. The molecule has 0 unspecified atom stereocenters. The van der Waals surface area contributed by atoms with E-state index in [-0.39, 0.29) is 5.91 Å². The van der Waals surface area contributed by atoms with Crippen LogP contribution in [-0.4, -0.2) is 53.9 Å². The van der Waals surface area contributed by atoms with E-state index in [1.807, 2.05) is 53.8 Å². The third kappa shape index (κ3) is 4.59. The number of aromatic amines is 1. The van der Waals surface area contributed by atoms with Gasteiger partial charge < -0.3 is 10.2 Å². The van der Waals surface area contributed by atoms with Crippen LogP contribution in [-0.2, 0) is 0 Å². The highest BCUT2D eigenvalue weighted by atomic mass is 16.2. The number of carbonyl (C=O) groups excluding carboxylic acids is 1. The standard InChI is InChI=1S/C24H27N5O/c1-25-15-21-13-20(22-16-27-28-17-22)7-8-23(21)26-14-18-9-11-29(12-10-18)24(30)19-5-3-2-4-6-19/h2-8,13,15-18,26H,9-12,14H2,1H3,(H,27,28). The number of hydrogen-bond donors (Lipinski definition) is 2. The Balaban J connectivity index is 1.35. The molecule has 4 rings (SSSR count). The molecule has 154 valence electrons. The van der Waals surface area contributed by atoms with Crippen LogP contribution < -0.4 is 5.32 Å². The monoisotopic (exact) mass is 401 g/mol. The maximum absolute atomic E-state index is 12.6. The molecule has 0 atom stereocenters. The summed E-state index contributed by atoms with van der Waals surface area (Å²) >= 11 is 0. The van der Waals surface area contributed by atoms with Crippen molar-refractivity contribution in [2.75, 3.05) is 32.0 Å². The highest BCUT2D eigenvalue weighted by Gasteiger charge is 2.23. The minimum atomic E-state index is 0.137. The average Bonchev–Trinajstić information content (AvgIpc) is 3.34. The Morgan fingerprint density at radius 2 is 2.00 bits per heavy atom. The predicted molar refractivity (Wildman–Crippen MR) is 121 cm³/mol. The number of aliphatic imine (C=N–C) groups is 1. The number of nitrogens with zero attached hydrogens (tertiary/aromatic N) is 3. The lowest BCUT2D eigenvalue weighted by Crippen LogP contribution is -2.39. The van der Waals surface area contributed by atoms with E-state index in [1.165, 1.54) is 0 Å². The van der Waals surface area contributed by atoms with E-state index >= 15 is 0 Å². The molecule has 1 aromatic heterocycles. The number of carbonyl (C=O) groups is 1. The number of anilines is 1. The molecule has 30 heavy (non-hydrogen) atoms. The normalized spacial score (nSPS) is 14.9. The van der Waals surface area contributed by atoms with Crippen molar-refractivity contribution in [3.8, 4) is 11.1 Å². The zero-order valence-corrected chi connectivity index (χ0v) is 17.2. The zero-order valence-electron chi connectivity index (χ0n) is 17.2. The van der Waals surface area contributed by atoms with Crippen LogP contribution in [0.5, 0.6) is 0 Å². The summed E-state index contributed by atoms with van der Waals surface area (Å²) in [5.41, 5.74) is 5.08. The summed E-state index contributed by atoms with van der Waals surface area (Å²) in [5.74, 6) is 0.683. The van der Waals surface area contributed by atoms with Gasteiger partial charge in [-0.05, 0) is 48.6 Å². The van der Waals surface area contributed by atoms with Gasteiger partial charge in [0, 0.05) is 61.5 Å². The van der Waals surface area contributed by atoms with Crippen LogP contribution >= 0.6 is 0 Å². The first-order chi connectivity index (χ1) is 14.7. The fourth-order valence-corrected chi connectivity index (χ4v) is 3.92. The van der Waals surface area contributed by atoms with Crippen molar-refractivity contribution in [3.63, 3.8) is 0 Å². The summed E-state index contributed by atoms with van der Waals surface area (Å²) in [4.78, 5) is 18.8. The largest absolute Gasteiger partial charge is 0.384 e. The van der Waals surface area contributed by atoms with Crippen molar-refractivity contribution >= 4 is 17.8 Å². The van der Waals surface area contributed by atoms with Gasteiger partial charge in [-0.1, -0.05) is 24.3 Å². The van der Waals surface area contributed by atoms with E-state index in [9.17, 15) is 4.79 Å². The Labute approximate surface area is 177 Å². The summed E-state index contributed by atoms with van der Waals surface area (Å²) in [6.07, 6.45) is 7.61. The molecule has 1 saturated heterocycles. The Bertz CT molecular complexity index is 990. The Kier molecular flexibility index (Phi) is 6.23. The topological polar surface area (TPSA) is 73.4 Å². The summed E-state index contributed by atoms with van der Waals surface area (Å²) in [5, 5.41) is 10.5. The second-order valence-corrected chi connectivity index (χ2v) is 7.66. The van der Waals surface area contributed by atoms with Crippen molar-refractivity contribution in [2.45, 2.75) is 12.8 Å². The van der Waals surface area contributed by atoms with E-state index in [0.29, 0.717) is 5.92 Å². The van der Waals surface area contributed by atoms with Crippen LogP contribution in [0, 0.1) is 5.92 Å². The first-order valence-corrected chi connectivity index (χ1v) is 10.4. The maximum atomic E-state index is 12.6. The van der Waals surface area contributed by atoms with E-state index in [2.05, 4.69) is 38.7 Å². The molecule has 6 nitrogen and oxygen atoms in total. The average molecular weight is 402 g/mol. The first-order valence-electron chi connectivity index (χ1n) is 10.4. The van der Waals surface area contributed by atoms with Gasteiger partial charge in [-0.25, -0.2) is 0 Å². The minimum absolute atomic E-state index is 0.137. The minimum Gasteiger partial charge on any atom is -0.384 e. The third-order valence-corrected chi connectivity index (χ3v) is 5.65. The molecule has 6 heteroatoms. The molecule has 0 aliphatic carbocycles. The fraction of sp³-hybridized carbons (Fsp3) is 0.292. The smallest absolute Gasteiger partial charge is 0.253 e. The van der Waals surface area contributed by atoms with Crippen LogP contribution in [0.15, 0.2) is 65.9 Å². The second kappa shape index (κ2) is 9.39. The van der Waals surface area contributed by atoms with E-state index in [1.54, 1.807) is 7.05 Å². The van der Waals surface area contributed by atoms with Gasteiger partial charge in [0.1, 0.15) is 0 Å². The molecule has 1 amide bonds. The van der Waals surface area contributed by atoms with E-state index in [4.69, 9.17) is 0 Å². The molecule has 3 aromatic rings. The lowest BCUT2D eigenvalue weighted by Gasteiger charge is -2.32. The molecule has 0 saturated carbocycles. The SMILES string of the molecule is CN=Cc1cc(-c2cn[nH]c2)ccc1NCC1CCN(C(=O)c2ccccc2)CC1. The first kappa shape index (κ1) is 19.9. The molecule has 2 heterocycles. The highest BCUT2D eigenvalue weighted by Crippen LogP contribution is 2.25. The van der Waals surface area contributed by atoms with Crippen LogP contribution in [0.1, 0.15) is 28.8 Å². The Morgan fingerprint density at radius 1 is 1.20 bits per heavy atom. The molecule has 1 aliphatic heterocycles. The van der Waals surface area contributed by atoms with Gasteiger partial charge in [0.15, 0.2) is 0 Å². The number of H-pyrrole nitrogens is 1. The van der Waals surface area contributed by atoms with E-state index < -0.39 is 0 Å². The lowest BCUT2D eigenvalue weighted by atomic mass is 9.95. The predicted octanol–water partition coefficient (Wildman–Crippen LogP) is 4.09. The summed E-state index contributed by atoms with van der Waals surface area (Å²) in [6.45, 7) is 2.51. The van der Waals surface area contributed by atoms with Crippen LogP contribution in [0.25, 0.3) is 11.1 Å². The molecular formula is C24H27N5O. The number of aromatic nitrogens is 2. The number of hydrogen-bond acceptors (Lipinski definition) is 4. The molecule has 0 radical (unpaired) electrons. The van der Waals surface area contributed by atoms with Crippen molar-refractivity contribution in [1.82, 2.24) is 15.1 Å². The number of piperidine rings is 1. The van der Waals surface area contributed by atoms with Gasteiger partial charge in [0.2, 0.25) is 0 Å². The van der Waals surface area contributed by atoms with Gasteiger partial charge in [-0.2, -0.15) is 5.10 Å². The fourth-order valence-electron chi connectivity index (χ4n) is 3.92. The number of amides is 1. The van der Waals surface area contributed by atoms with Gasteiger partial charge in [-0.15, -0.1) is 0 Å². The Hall–Kier alpha value is -3.41. The molecule has 0 bridgehead atoms. The molecule has 1 aliphatic rings. The lowest BCUT2D eigenvalue weighted by molar-refractivity contribution is 0.0695. The molecule has 2 aromatic carbocycles. The third-order valence-electron chi connectivity index (χ3n) is 5.65. The second-order valence-electron chi connectivity index (χ2n) is 7.66. The zero-order chi connectivity index (χ0) is 20.8. The molecular weight excluding hydrogens is 374 g/mol. The number of rotatable bonds is 6. The van der Waals surface area contributed by atoms with Crippen molar-refractivity contribution < 1.29 is 4.79 Å². The van der Waals surface area contributed by atoms with Gasteiger partial charge >= 0.3 is 0 Å². The van der Waals surface area contributed by atoms with Gasteiger partial charge in [-0.3, -0.25) is 14.9 Å². The van der Waals surface area contributed by atoms with Crippen LogP contribution in [0.4, 0.5) is 5.69 Å².